The van der Waals surface area contributed by atoms with Crippen LogP contribution in [0.1, 0.15) is 33.9 Å². The number of hydrogen-bond acceptors (Lipinski definition) is 1. The lowest BCUT2D eigenvalue weighted by molar-refractivity contribution is 0.467. The minimum Gasteiger partial charge on any atom is -0.508 e. The summed E-state index contributed by atoms with van der Waals surface area (Å²) < 4.78 is 0. The van der Waals surface area contributed by atoms with Gasteiger partial charge in [0, 0.05) is 28.1 Å². The van der Waals surface area contributed by atoms with Crippen LogP contribution in [0, 0.1) is 13.8 Å². The molecule has 25 heavy (non-hydrogen) atoms. The molecule has 0 aliphatic heterocycles. The topological polar surface area (TPSA) is 36.0 Å². The molecule has 4 aromatic rings. The van der Waals surface area contributed by atoms with E-state index in [1.165, 1.54) is 16.5 Å². The monoisotopic (exact) mass is 327 g/mol. The number of benzene rings is 3. The van der Waals surface area contributed by atoms with Crippen LogP contribution in [-0.2, 0) is 0 Å². The second-order valence-electron chi connectivity index (χ2n) is 6.62. The molecule has 1 aromatic heterocycles. The van der Waals surface area contributed by atoms with E-state index >= 15 is 0 Å². The van der Waals surface area contributed by atoms with Gasteiger partial charge >= 0.3 is 0 Å². The number of aromatic hydroxyl groups is 1. The summed E-state index contributed by atoms with van der Waals surface area (Å²) in [6.45, 7) is 4.17. The molecule has 0 saturated carbocycles. The van der Waals surface area contributed by atoms with Crippen LogP contribution in [0.3, 0.4) is 0 Å². The first kappa shape index (κ1) is 15.5. The zero-order chi connectivity index (χ0) is 17.4. The zero-order valence-corrected chi connectivity index (χ0v) is 14.5. The minimum absolute atomic E-state index is 0.0164. The molecule has 1 unspecified atom stereocenters. The zero-order valence-electron chi connectivity index (χ0n) is 14.5. The quantitative estimate of drug-likeness (QED) is 0.499. The summed E-state index contributed by atoms with van der Waals surface area (Å²) in [6, 6.07) is 24.6. The van der Waals surface area contributed by atoms with Crippen molar-refractivity contribution in [3.63, 3.8) is 0 Å². The number of para-hydroxylation sites is 1. The second kappa shape index (κ2) is 6.14. The SMILES string of the molecule is Cc1ccc(O)c(C(c2ccccc2)c2c(C)[nH]c3ccccc23)c1. The lowest BCUT2D eigenvalue weighted by Gasteiger charge is -2.21. The van der Waals surface area contributed by atoms with Crippen molar-refractivity contribution in [2.24, 2.45) is 0 Å². The first-order valence-electron chi connectivity index (χ1n) is 8.57. The number of nitrogens with one attached hydrogen (secondary N) is 1. The van der Waals surface area contributed by atoms with Crippen LogP contribution in [0.2, 0.25) is 0 Å². The van der Waals surface area contributed by atoms with Crippen molar-refractivity contribution >= 4 is 10.9 Å². The van der Waals surface area contributed by atoms with Crippen LogP contribution in [0.5, 0.6) is 5.75 Å². The van der Waals surface area contributed by atoms with Crippen molar-refractivity contribution in [2.75, 3.05) is 0 Å². The van der Waals surface area contributed by atoms with E-state index in [1.807, 2.05) is 18.2 Å². The Morgan fingerprint density at radius 1 is 0.840 bits per heavy atom. The lowest BCUT2D eigenvalue weighted by Crippen LogP contribution is -2.05. The standard InChI is InChI=1S/C23H21NO/c1-15-12-13-21(25)19(14-15)23(17-8-4-3-5-9-17)22-16(2)24-20-11-7-6-10-18(20)22/h3-14,23-25H,1-2H3. The van der Waals surface area contributed by atoms with Gasteiger partial charge in [0.25, 0.3) is 0 Å². The lowest BCUT2D eigenvalue weighted by atomic mass is 9.82. The first-order valence-corrected chi connectivity index (χ1v) is 8.57. The van der Waals surface area contributed by atoms with Gasteiger partial charge in [-0.15, -0.1) is 0 Å². The summed E-state index contributed by atoms with van der Waals surface area (Å²) in [6.07, 6.45) is 0. The number of aryl methyl sites for hydroxylation is 2. The molecule has 0 spiro atoms. The predicted octanol–water partition coefficient (Wildman–Crippen LogP) is 5.67. The molecule has 2 heteroatoms. The molecule has 0 aliphatic rings. The van der Waals surface area contributed by atoms with Gasteiger partial charge in [-0.1, -0.05) is 66.2 Å². The summed E-state index contributed by atoms with van der Waals surface area (Å²) in [4.78, 5) is 3.50. The fourth-order valence-corrected chi connectivity index (χ4v) is 3.72. The third kappa shape index (κ3) is 2.70. The van der Waals surface area contributed by atoms with Crippen molar-refractivity contribution in [3.05, 3.63) is 101 Å². The van der Waals surface area contributed by atoms with Crippen molar-refractivity contribution in [1.29, 1.82) is 0 Å². The Morgan fingerprint density at radius 3 is 2.36 bits per heavy atom. The summed E-state index contributed by atoms with van der Waals surface area (Å²) >= 11 is 0. The maximum Gasteiger partial charge on any atom is 0.119 e. The number of rotatable bonds is 3. The number of aromatic nitrogens is 1. The molecule has 0 bridgehead atoms. The van der Waals surface area contributed by atoms with Crippen LogP contribution in [0.25, 0.3) is 10.9 Å². The largest absolute Gasteiger partial charge is 0.508 e. The summed E-state index contributed by atoms with van der Waals surface area (Å²) in [5.74, 6) is 0.321. The Morgan fingerprint density at radius 2 is 1.56 bits per heavy atom. The fraction of sp³-hybridized carbons (Fsp3) is 0.130. The highest BCUT2D eigenvalue weighted by Crippen LogP contribution is 2.41. The van der Waals surface area contributed by atoms with E-state index in [-0.39, 0.29) is 5.92 Å². The average Bonchev–Trinajstić information content (AvgIpc) is 2.95. The van der Waals surface area contributed by atoms with Gasteiger partial charge in [-0.25, -0.2) is 0 Å². The molecular formula is C23H21NO. The Labute approximate surface area is 147 Å². The molecule has 2 nitrogen and oxygen atoms in total. The van der Waals surface area contributed by atoms with Gasteiger partial charge in [0.05, 0.1) is 0 Å². The van der Waals surface area contributed by atoms with Crippen LogP contribution in [0.15, 0.2) is 72.8 Å². The average molecular weight is 327 g/mol. The van der Waals surface area contributed by atoms with Gasteiger partial charge in [0.15, 0.2) is 0 Å². The highest BCUT2D eigenvalue weighted by atomic mass is 16.3. The van der Waals surface area contributed by atoms with Gasteiger partial charge in [0.2, 0.25) is 0 Å². The second-order valence-corrected chi connectivity index (χ2v) is 6.62. The first-order chi connectivity index (χ1) is 12.1. The van der Waals surface area contributed by atoms with E-state index in [0.717, 1.165) is 22.3 Å². The van der Waals surface area contributed by atoms with Crippen molar-refractivity contribution < 1.29 is 5.11 Å². The fourth-order valence-electron chi connectivity index (χ4n) is 3.72. The molecule has 124 valence electrons. The summed E-state index contributed by atoms with van der Waals surface area (Å²) in [7, 11) is 0. The summed E-state index contributed by atoms with van der Waals surface area (Å²) in [5.41, 5.74) is 6.75. The summed E-state index contributed by atoms with van der Waals surface area (Å²) in [5, 5.41) is 11.8. The van der Waals surface area contributed by atoms with E-state index in [1.54, 1.807) is 6.07 Å². The van der Waals surface area contributed by atoms with Gasteiger partial charge in [-0.3, -0.25) is 0 Å². The van der Waals surface area contributed by atoms with E-state index < -0.39 is 0 Å². The van der Waals surface area contributed by atoms with E-state index in [9.17, 15) is 5.11 Å². The number of fused-ring (bicyclic) bond motifs is 1. The number of hydrogen-bond donors (Lipinski definition) is 2. The molecule has 0 fully saturated rings. The predicted molar refractivity (Wildman–Crippen MR) is 103 cm³/mol. The van der Waals surface area contributed by atoms with Crippen LogP contribution < -0.4 is 0 Å². The molecule has 1 heterocycles. The van der Waals surface area contributed by atoms with E-state index in [4.69, 9.17) is 0 Å². The van der Waals surface area contributed by atoms with E-state index in [0.29, 0.717) is 5.75 Å². The number of aromatic amines is 1. The number of phenols is 1. The Balaban J connectivity index is 2.04. The molecule has 4 rings (SSSR count). The number of phenolic OH excluding ortho intramolecular Hbond substituents is 1. The third-order valence-corrected chi connectivity index (χ3v) is 4.86. The molecule has 3 aromatic carbocycles. The van der Waals surface area contributed by atoms with Gasteiger partial charge in [-0.05, 0) is 37.1 Å². The maximum atomic E-state index is 10.6. The molecule has 2 N–H and O–H groups in total. The molecule has 0 radical (unpaired) electrons. The minimum atomic E-state index is -0.0164. The number of H-pyrrole nitrogens is 1. The van der Waals surface area contributed by atoms with Crippen LogP contribution in [-0.4, -0.2) is 10.1 Å². The highest BCUT2D eigenvalue weighted by Gasteiger charge is 2.24. The van der Waals surface area contributed by atoms with E-state index in [2.05, 4.69) is 67.4 Å². The molecule has 0 saturated heterocycles. The highest BCUT2D eigenvalue weighted by molar-refractivity contribution is 5.86. The maximum absolute atomic E-state index is 10.6. The third-order valence-electron chi connectivity index (χ3n) is 4.86. The van der Waals surface area contributed by atoms with Gasteiger partial charge < -0.3 is 10.1 Å². The van der Waals surface area contributed by atoms with Crippen molar-refractivity contribution in [1.82, 2.24) is 4.98 Å². The van der Waals surface area contributed by atoms with Crippen LogP contribution >= 0.6 is 0 Å². The Hall–Kier alpha value is -3.00. The Bertz CT molecular complexity index is 1030. The normalized spacial score (nSPS) is 12.4. The smallest absolute Gasteiger partial charge is 0.119 e. The van der Waals surface area contributed by atoms with Crippen molar-refractivity contribution in [2.45, 2.75) is 19.8 Å². The van der Waals surface area contributed by atoms with Crippen LogP contribution in [0.4, 0.5) is 0 Å². The molecule has 0 aliphatic carbocycles. The molecular weight excluding hydrogens is 306 g/mol. The van der Waals surface area contributed by atoms with Gasteiger partial charge in [0.1, 0.15) is 5.75 Å². The molecule has 1 atom stereocenters. The van der Waals surface area contributed by atoms with Crippen molar-refractivity contribution in [3.8, 4) is 5.75 Å². The van der Waals surface area contributed by atoms with Gasteiger partial charge in [-0.2, -0.15) is 0 Å². The Kier molecular flexibility index (Phi) is 3.81. The molecule has 0 amide bonds.